The van der Waals surface area contributed by atoms with Crippen LogP contribution in [0.1, 0.15) is 23.7 Å². The molecular weight excluding hydrogens is 290 g/mol. The maximum atomic E-state index is 11.8. The molecule has 0 heterocycles. The zero-order valence-electron chi connectivity index (χ0n) is 12.4. The largest absolute Gasteiger partial charge is 0.508 e. The van der Waals surface area contributed by atoms with Gasteiger partial charge in [-0.05, 0) is 19.1 Å². The minimum Gasteiger partial charge on any atom is -0.508 e. The van der Waals surface area contributed by atoms with Gasteiger partial charge in [-0.1, -0.05) is 0 Å². The van der Waals surface area contributed by atoms with E-state index in [-0.39, 0.29) is 29.4 Å². The Balaban J connectivity index is 2.52. The molecule has 1 aromatic rings. The lowest BCUT2D eigenvalue weighted by molar-refractivity contribution is -0.120. The summed E-state index contributed by atoms with van der Waals surface area (Å²) in [5.74, 6) is -1.39. The predicted molar refractivity (Wildman–Crippen MR) is 79.8 cm³/mol. The Morgan fingerprint density at radius 2 is 2.05 bits per heavy atom. The molecule has 0 aliphatic heterocycles. The standard InChI is InChI=1S/C14H19N3O5/c1-9(7-13(20)15-5-6-22-2)16-17-14(21)11-4-3-10(18)8-12(11)19/h3-4,8,18-19H,5-7H2,1-2H3,(H,15,20)(H,17,21)/b16-9-. The molecule has 0 saturated carbocycles. The van der Waals surface area contributed by atoms with E-state index in [0.29, 0.717) is 18.9 Å². The van der Waals surface area contributed by atoms with Crippen LogP contribution in [0.2, 0.25) is 0 Å². The van der Waals surface area contributed by atoms with Gasteiger partial charge in [0.05, 0.1) is 18.6 Å². The molecule has 22 heavy (non-hydrogen) atoms. The van der Waals surface area contributed by atoms with Gasteiger partial charge in [-0.25, -0.2) is 5.43 Å². The first-order valence-corrected chi connectivity index (χ1v) is 6.55. The van der Waals surface area contributed by atoms with Gasteiger partial charge in [0.15, 0.2) is 0 Å². The van der Waals surface area contributed by atoms with E-state index in [9.17, 15) is 14.7 Å². The third kappa shape index (κ3) is 5.80. The number of nitrogens with zero attached hydrogens (tertiary/aromatic N) is 1. The molecule has 0 aliphatic rings. The minimum absolute atomic E-state index is 0.0288. The number of rotatable bonds is 7. The highest BCUT2D eigenvalue weighted by atomic mass is 16.5. The van der Waals surface area contributed by atoms with Crippen molar-refractivity contribution in [2.45, 2.75) is 13.3 Å². The Hall–Kier alpha value is -2.61. The van der Waals surface area contributed by atoms with Crippen LogP contribution in [0.15, 0.2) is 23.3 Å². The van der Waals surface area contributed by atoms with Crippen LogP contribution in [0.3, 0.4) is 0 Å². The summed E-state index contributed by atoms with van der Waals surface area (Å²) in [6.45, 7) is 2.40. The molecule has 4 N–H and O–H groups in total. The first-order valence-electron chi connectivity index (χ1n) is 6.55. The number of phenolic OH excluding ortho intramolecular Hbond substituents is 2. The molecule has 1 rings (SSSR count). The van der Waals surface area contributed by atoms with Crippen LogP contribution in [0.5, 0.6) is 11.5 Å². The third-order valence-corrected chi connectivity index (χ3v) is 2.62. The van der Waals surface area contributed by atoms with Gasteiger partial charge in [0.2, 0.25) is 5.91 Å². The van der Waals surface area contributed by atoms with Crippen LogP contribution in [0, 0.1) is 0 Å². The maximum absolute atomic E-state index is 11.8. The zero-order chi connectivity index (χ0) is 16.5. The van der Waals surface area contributed by atoms with Crippen LogP contribution < -0.4 is 10.7 Å². The third-order valence-electron chi connectivity index (χ3n) is 2.62. The summed E-state index contributed by atoms with van der Waals surface area (Å²) in [5.41, 5.74) is 2.61. The summed E-state index contributed by atoms with van der Waals surface area (Å²) >= 11 is 0. The van der Waals surface area contributed by atoms with E-state index in [1.54, 1.807) is 6.92 Å². The molecule has 0 bridgehead atoms. The molecule has 8 heteroatoms. The van der Waals surface area contributed by atoms with Crippen LogP contribution >= 0.6 is 0 Å². The van der Waals surface area contributed by atoms with E-state index in [2.05, 4.69) is 15.8 Å². The van der Waals surface area contributed by atoms with Gasteiger partial charge in [-0.15, -0.1) is 0 Å². The van der Waals surface area contributed by atoms with Gasteiger partial charge in [0.25, 0.3) is 5.91 Å². The number of carbonyl (C=O) groups is 2. The number of nitrogens with one attached hydrogen (secondary N) is 2. The smallest absolute Gasteiger partial charge is 0.275 e. The second-order valence-corrected chi connectivity index (χ2v) is 4.51. The highest BCUT2D eigenvalue weighted by Gasteiger charge is 2.11. The quantitative estimate of drug-likeness (QED) is 0.329. The lowest BCUT2D eigenvalue weighted by Gasteiger charge is -2.06. The van der Waals surface area contributed by atoms with Crippen molar-refractivity contribution >= 4 is 17.5 Å². The zero-order valence-corrected chi connectivity index (χ0v) is 12.4. The topological polar surface area (TPSA) is 120 Å². The fourth-order valence-electron chi connectivity index (χ4n) is 1.55. The predicted octanol–water partition coefficient (Wildman–Crippen LogP) is 0.356. The molecule has 0 saturated heterocycles. The number of ether oxygens (including phenoxy) is 1. The van der Waals surface area contributed by atoms with Crippen molar-refractivity contribution < 1.29 is 24.5 Å². The molecule has 2 amide bonds. The number of amides is 2. The summed E-state index contributed by atoms with van der Waals surface area (Å²) < 4.78 is 4.80. The molecule has 0 unspecified atom stereocenters. The van der Waals surface area contributed by atoms with Gasteiger partial charge >= 0.3 is 0 Å². The Kier molecular flexibility index (Phi) is 6.84. The first-order chi connectivity index (χ1) is 10.4. The normalized spacial score (nSPS) is 11.1. The maximum Gasteiger partial charge on any atom is 0.275 e. The van der Waals surface area contributed by atoms with Crippen LogP contribution in [-0.2, 0) is 9.53 Å². The number of hydrazone groups is 1. The summed E-state index contributed by atoms with van der Waals surface area (Å²) in [6, 6.07) is 3.59. The van der Waals surface area contributed by atoms with Gasteiger partial charge in [-0.3, -0.25) is 9.59 Å². The van der Waals surface area contributed by atoms with E-state index in [4.69, 9.17) is 9.84 Å². The molecule has 0 radical (unpaired) electrons. The first kappa shape index (κ1) is 17.4. The van der Waals surface area contributed by atoms with E-state index in [0.717, 1.165) is 6.07 Å². The van der Waals surface area contributed by atoms with Crippen molar-refractivity contribution in [2.75, 3.05) is 20.3 Å². The Labute approximate surface area is 127 Å². The summed E-state index contributed by atoms with van der Waals surface area (Å²) in [7, 11) is 1.53. The summed E-state index contributed by atoms with van der Waals surface area (Å²) in [4.78, 5) is 23.3. The number of phenols is 2. The van der Waals surface area contributed by atoms with Gasteiger partial charge in [-0.2, -0.15) is 5.10 Å². The van der Waals surface area contributed by atoms with E-state index >= 15 is 0 Å². The minimum atomic E-state index is -0.642. The number of benzene rings is 1. The average Bonchev–Trinajstić information content (AvgIpc) is 2.45. The van der Waals surface area contributed by atoms with Crippen molar-refractivity contribution in [3.63, 3.8) is 0 Å². The Morgan fingerprint density at radius 3 is 2.68 bits per heavy atom. The molecule has 0 aliphatic carbocycles. The second kappa shape index (κ2) is 8.63. The number of hydrogen-bond acceptors (Lipinski definition) is 6. The number of carbonyl (C=O) groups excluding carboxylic acids is 2. The molecule has 120 valence electrons. The SMILES string of the molecule is COCCNC(=O)C/C(C)=N\NC(=O)c1ccc(O)cc1O. The second-order valence-electron chi connectivity index (χ2n) is 4.51. The highest BCUT2D eigenvalue weighted by molar-refractivity contribution is 6.01. The highest BCUT2D eigenvalue weighted by Crippen LogP contribution is 2.22. The lowest BCUT2D eigenvalue weighted by Crippen LogP contribution is -2.29. The van der Waals surface area contributed by atoms with E-state index in [1.807, 2.05) is 0 Å². The fourth-order valence-corrected chi connectivity index (χ4v) is 1.55. The molecule has 0 spiro atoms. The number of hydrogen-bond donors (Lipinski definition) is 4. The molecule has 0 atom stereocenters. The molecule has 8 nitrogen and oxygen atoms in total. The number of methoxy groups -OCH3 is 1. The Bertz CT molecular complexity index is 572. The van der Waals surface area contributed by atoms with Crippen molar-refractivity contribution in [3.05, 3.63) is 23.8 Å². The summed E-state index contributed by atoms with van der Waals surface area (Å²) in [5, 5.41) is 25.1. The van der Waals surface area contributed by atoms with Crippen LogP contribution in [0.4, 0.5) is 0 Å². The Morgan fingerprint density at radius 1 is 1.32 bits per heavy atom. The van der Waals surface area contributed by atoms with Crippen molar-refractivity contribution in [3.8, 4) is 11.5 Å². The van der Waals surface area contributed by atoms with Gasteiger partial charge in [0.1, 0.15) is 11.5 Å². The van der Waals surface area contributed by atoms with Crippen molar-refractivity contribution in [1.82, 2.24) is 10.7 Å². The van der Waals surface area contributed by atoms with Crippen molar-refractivity contribution in [1.29, 1.82) is 0 Å². The molecule has 1 aromatic carbocycles. The molecular formula is C14H19N3O5. The van der Waals surface area contributed by atoms with Gasteiger partial charge < -0.3 is 20.3 Å². The van der Waals surface area contributed by atoms with Crippen LogP contribution in [-0.4, -0.2) is 48.0 Å². The van der Waals surface area contributed by atoms with Crippen LogP contribution in [0.25, 0.3) is 0 Å². The summed E-state index contributed by atoms with van der Waals surface area (Å²) in [6.07, 6.45) is 0.0333. The fraction of sp³-hybridized carbons (Fsp3) is 0.357. The monoisotopic (exact) mass is 309 g/mol. The number of aromatic hydroxyl groups is 2. The molecule has 0 fully saturated rings. The molecule has 0 aromatic heterocycles. The lowest BCUT2D eigenvalue weighted by atomic mass is 10.2. The van der Waals surface area contributed by atoms with Crippen molar-refractivity contribution in [2.24, 2.45) is 5.10 Å². The van der Waals surface area contributed by atoms with E-state index < -0.39 is 5.91 Å². The van der Waals surface area contributed by atoms with Gasteiger partial charge in [0, 0.05) is 25.4 Å². The average molecular weight is 309 g/mol. The van der Waals surface area contributed by atoms with E-state index in [1.165, 1.54) is 19.2 Å².